The van der Waals surface area contributed by atoms with E-state index < -0.39 is 5.60 Å². The van der Waals surface area contributed by atoms with Gasteiger partial charge in [-0.2, -0.15) is 0 Å². The average molecular weight is 339 g/mol. The van der Waals surface area contributed by atoms with Gasteiger partial charge in [0.2, 0.25) is 0 Å². The second-order valence-corrected chi connectivity index (χ2v) is 5.11. The third-order valence-electron chi connectivity index (χ3n) is 2.28. The summed E-state index contributed by atoms with van der Waals surface area (Å²) in [6.07, 6.45) is 0.617. The molecule has 0 saturated heterocycles. The number of methoxy groups -OCH3 is 1. The second kappa shape index (κ2) is 6.58. The highest BCUT2D eigenvalue weighted by molar-refractivity contribution is 14.1. The molecule has 2 N–H and O–H groups in total. The van der Waals surface area contributed by atoms with Crippen LogP contribution in [0.5, 0.6) is 0 Å². The van der Waals surface area contributed by atoms with E-state index in [2.05, 4.69) is 27.9 Å². The molecule has 1 aromatic heterocycles. The normalized spacial score (nSPS) is 15.0. The molecule has 0 saturated carbocycles. The summed E-state index contributed by atoms with van der Waals surface area (Å²) in [5.41, 5.74) is -0.740. The van der Waals surface area contributed by atoms with E-state index in [1.54, 1.807) is 14.0 Å². The Morgan fingerprint density at radius 3 is 2.88 bits per heavy atom. The second-order valence-electron chi connectivity index (χ2n) is 4.05. The zero-order chi connectivity index (χ0) is 12.0. The number of nitrogens with one attached hydrogen (secondary N) is 1. The molecule has 0 radical (unpaired) electrons. The van der Waals surface area contributed by atoms with Crippen molar-refractivity contribution in [3.8, 4) is 0 Å². The fourth-order valence-corrected chi connectivity index (χ4v) is 1.77. The van der Waals surface area contributed by atoms with Crippen LogP contribution < -0.4 is 5.32 Å². The monoisotopic (exact) mass is 339 g/mol. The Morgan fingerprint density at radius 1 is 1.56 bits per heavy atom. The summed E-state index contributed by atoms with van der Waals surface area (Å²) in [7, 11) is 1.63. The standard InChI is InChI=1S/C11H18INO3/c1-11(14,5-6-15-2)8-13-7-9-3-4-10(12)16-9/h3-4,13-14H,5-8H2,1-2H3. The van der Waals surface area contributed by atoms with E-state index in [0.717, 1.165) is 9.53 Å². The van der Waals surface area contributed by atoms with Crippen LogP contribution in [0.4, 0.5) is 0 Å². The summed E-state index contributed by atoms with van der Waals surface area (Å²) in [6.45, 7) is 3.51. The van der Waals surface area contributed by atoms with Gasteiger partial charge in [-0.3, -0.25) is 0 Å². The predicted molar refractivity (Wildman–Crippen MR) is 70.2 cm³/mol. The highest BCUT2D eigenvalue weighted by Gasteiger charge is 2.19. The average Bonchev–Trinajstić information content (AvgIpc) is 2.61. The van der Waals surface area contributed by atoms with Crippen molar-refractivity contribution in [2.24, 2.45) is 0 Å². The molecule has 0 aliphatic rings. The molecule has 0 aliphatic carbocycles. The van der Waals surface area contributed by atoms with Crippen LogP contribution in [0.15, 0.2) is 16.5 Å². The summed E-state index contributed by atoms with van der Waals surface area (Å²) < 4.78 is 11.2. The predicted octanol–water partition coefficient (Wildman–Crippen LogP) is 1.76. The fourth-order valence-electron chi connectivity index (χ4n) is 1.31. The first-order valence-electron chi connectivity index (χ1n) is 5.20. The van der Waals surface area contributed by atoms with Crippen LogP contribution in [-0.4, -0.2) is 31.0 Å². The Kier molecular flexibility index (Phi) is 5.74. The lowest BCUT2D eigenvalue weighted by Crippen LogP contribution is -2.38. The van der Waals surface area contributed by atoms with Gasteiger partial charge >= 0.3 is 0 Å². The number of hydrogen-bond donors (Lipinski definition) is 2. The lowest BCUT2D eigenvalue weighted by Gasteiger charge is -2.23. The smallest absolute Gasteiger partial charge is 0.164 e. The van der Waals surface area contributed by atoms with Gasteiger partial charge in [0.15, 0.2) is 3.77 Å². The molecular formula is C11H18INO3. The summed E-state index contributed by atoms with van der Waals surface area (Å²) in [4.78, 5) is 0. The number of aliphatic hydroxyl groups is 1. The molecule has 0 spiro atoms. The van der Waals surface area contributed by atoms with Gasteiger partial charge < -0.3 is 19.6 Å². The molecule has 0 fully saturated rings. The molecular weight excluding hydrogens is 321 g/mol. The summed E-state index contributed by atoms with van der Waals surface area (Å²) in [5.74, 6) is 0.881. The maximum absolute atomic E-state index is 9.95. The summed E-state index contributed by atoms with van der Waals surface area (Å²) >= 11 is 2.13. The Bertz CT molecular complexity index is 312. The first-order valence-corrected chi connectivity index (χ1v) is 6.27. The topological polar surface area (TPSA) is 54.6 Å². The molecule has 4 nitrogen and oxygen atoms in total. The van der Waals surface area contributed by atoms with Crippen LogP contribution >= 0.6 is 22.6 Å². The molecule has 5 heteroatoms. The molecule has 16 heavy (non-hydrogen) atoms. The van der Waals surface area contributed by atoms with E-state index in [0.29, 0.717) is 26.1 Å². The zero-order valence-electron chi connectivity index (χ0n) is 9.62. The van der Waals surface area contributed by atoms with Gasteiger partial charge in [-0.05, 0) is 41.6 Å². The van der Waals surface area contributed by atoms with Crippen molar-refractivity contribution in [2.75, 3.05) is 20.3 Å². The maximum Gasteiger partial charge on any atom is 0.164 e. The van der Waals surface area contributed by atoms with E-state index in [1.165, 1.54) is 0 Å². The van der Waals surface area contributed by atoms with Gasteiger partial charge in [0, 0.05) is 26.7 Å². The minimum atomic E-state index is -0.740. The summed E-state index contributed by atoms with van der Waals surface area (Å²) in [6, 6.07) is 3.85. The van der Waals surface area contributed by atoms with Gasteiger partial charge in [-0.25, -0.2) is 0 Å². The molecule has 0 aliphatic heterocycles. The van der Waals surface area contributed by atoms with Crippen LogP contribution in [0, 0.1) is 3.77 Å². The lowest BCUT2D eigenvalue weighted by atomic mass is 10.0. The zero-order valence-corrected chi connectivity index (χ0v) is 11.8. The van der Waals surface area contributed by atoms with E-state index in [-0.39, 0.29) is 0 Å². The number of hydrogen-bond acceptors (Lipinski definition) is 4. The van der Waals surface area contributed by atoms with Crippen LogP contribution in [-0.2, 0) is 11.3 Å². The number of furan rings is 1. The van der Waals surface area contributed by atoms with Crippen LogP contribution in [0.1, 0.15) is 19.1 Å². The van der Waals surface area contributed by atoms with Crippen molar-refractivity contribution in [2.45, 2.75) is 25.5 Å². The van der Waals surface area contributed by atoms with Crippen molar-refractivity contribution >= 4 is 22.6 Å². The summed E-state index contributed by atoms with van der Waals surface area (Å²) in [5, 5.41) is 13.1. The van der Waals surface area contributed by atoms with Crippen molar-refractivity contribution in [1.29, 1.82) is 0 Å². The van der Waals surface area contributed by atoms with Crippen molar-refractivity contribution in [1.82, 2.24) is 5.32 Å². The van der Waals surface area contributed by atoms with Gasteiger partial charge in [0.25, 0.3) is 0 Å². The SMILES string of the molecule is COCCC(C)(O)CNCc1ccc(I)o1. The third-order valence-corrected chi connectivity index (χ3v) is 2.86. The van der Waals surface area contributed by atoms with E-state index >= 15 is 0 Å². The van der Waals surface area contributed by atoms with Crippen LogP contribution in [0.2, 0.25) is 0 Å². The third kappa shape index (κ3) is 5.29. The highest BCUT2D eigenvalue weighted by atomic mass is 127. The Hall–Kier alpha value is -0.110. The van der Waals surface area contributed by atoms with E-state index in [9.17, 15) is 5.11 Å². The molecule has 1 heterocycles. The van der Waals surface area contributed by atoms with Gasteiger partial charge in [-0.1, -0.05) is 0 Å². The minimum absolute atomic E-state index is 0.521. The first kappa shape index (κ1) is 14.0. The van der Waals surface area contributed by atoms with E-state index in [1.807, 2.05) is 12.1 Å². The van der Waals surface area contributed by atoms with Crippen LogP contribution in [0.25, 0.3) is 0 Å². The molecule has 0 amide bonds. The van der Waals surface area contributed by atoms with Gasteiger partial charge in [0.1, 0.15) is 5.76 Å². The Morgan fingerprint density at radius 2 is 2.31 bits per heavy atom. The van der Waals surface area contributed by atoms with Crippen molar-refractivity contribution < 1.29 is 14.3 Å². The molecule has 0 bridgehead atoms. The minimum Gasteiger partial charge on any atom is -0.454 e. The lowest BCUT2D eigenvalue weighted by molar-refractivity contribution is 0.0244. The molecule has 1 aromatic rings. The highest BCUT2D eigenvalue weighted by Crippen LogP contribution is 2.11. The number of halogens is 1. The van der Waals surface area contributed by atoms with Crippen molar-refractivity contribution in [3.63, 3.8) is 0 Å². The molecule has 0 aromatic carbocycles. The largest absolute Gasteiger partial charge is 0.454 e. The molecule has 1 atom stereocenters. The van der Waals surface area contributed by atoms with Crippen molar-refractivity contribution in [3.05, 3.63) is 21.7 Å². The Labute approximate surface area is 109 Å². The first-order chi connectivity index (χ1) is 7.53. The van der Waals surface area contributed by atoms with E-state index in [4.69, 9.17) is 9.15 Å². The van der Waals surface area contributed by atoms with Gasteiger partial charge in [0.05, 0.1) is 12.1 Å². The number of rotatable bonds is 7. The van der Waals surface area contributed by atoms with Crippen LogP contribution in [0.3, 0.4) is 0 Å². The molecule has 92 valence electrons. The Balaban J connectivity index is 2.24. The molecule has 1 unspecified atom stereocenters. The molecule has 1 rings (SSSR count). The van der Waals surface area contributed by atoms with Gasteiger partial charge in [-0.15, -0.1) is 0 Å². The maximum atomic E-state index is 9.95. The number of ether oxygens (including phenoxy) is 1. The fraction of sp³-hybridized carbons (Fsp3) is 0.636. The quantitative estimate of drug-likeness (QED) is 0.744.